The van der Waals surface area contributed by atoms with Gasteiger partial charge in [-0.3, -0.25) is 14.4 Å². The predicted octanol–water partition coefficient (Wildman–Crippen LogP) is 18.7. The number of hydrogen-bond donors (Lipinski definition) is 0. The highest BCUT2D eigenvalue weighted by molar-refractivity contribution is 5.71. The Morgan fingerprint density at radius 2 is 0.574 bits per heavy atom. The quantitative estimate of drug-likeness (QED) is 0.0262. The van der Waals surface area contributed by atoms with Crippen LogP contribution in [0.15, 0.2) is 109 Å². The van der Waals surface area contributed by atoms with Crippen LogP contribution in [-0.4, -0.2) is 37.2 Å². The van der Waals surface area contributed by atoms with E-state index in [0.29, 0.717) is 19.3 Å². The van der Waals surface area contributed by atoms with Crippen LogP contribution in [0.3, 0.4) is 0 Å². The lowest BCUT2D eigenvalue weighted by molar-refractivity contribution is -0.167. The van der Waals surface area contributed by atoms with E-state index in [-0.39, 0.29) is 31.1 Å². The van der Waals surface area contributed by atoms with Gasteiger partial charge in [-0.05, 0) is 109 Å². The first-order valence-corrected chi connectivity index (χ1v) is 27.9. The second-order valence-corrected chi connectivity index (χ2v) is 18.1. The lowest BCUT2D eigenvalue weighted by Gasteiger charge is -2.18. The first-order chi connectivity index (χ1) is 33.5. The van der Waals surface area contributed by atoms with Crippen molar-refractivity contribution in [3.63, 3.8) is 0 Å². The van der Waals surface area contributed by atoms with Crippen molar-refractivity contribution in [3.05, 3.63) is 109 Å². The van der Waals surface area contributed by atoms with E-state index in [4.69, 9.17) is 14.2 Å². The topological polar surface area (TPSA) is 78.9 Å². The monoisotopic (exact) mass is 943 g/mol. The summed E-state index contributed by atoms with van der Waals surface area (Å²) < 4.78 is 16.7. The van der Waals surface area contributed by atoms with Crippen molar-refractivity contribution in [3.8, 4) is 0 Å². The van der Waals surface area contributed by atoms with Crippen LogP contribution in [-0.2, 0) is 28.6 Å². The summed E-state index contributed by atoms with van der Waals surface area (Å²) >= 11 is 0. The van der Waals surface area contributed by atoms with Gasteiger partial charge in [-0.2, -0.15) is 0 Å². The zero-order valence-corrected chi connectivity index (χ0v) is 44.1. The molecule has 0 rings (SSSR count). The number of unbranched alkanes of at least 4 members (excludes halogenated alkanes) is 20. The van der Waals surface area contributed by atoms with Gasteiger partial charge in [-0.15, -0.1) is 0 Å². The van der Waals surface area contributed by atoms with E-state index in [0.717, 1.165) is 148 Å². The number of carbonyl (C=O) groups excluding carboxylic acids is 3. The maximum absolute atomic E-state index is 12.8. The van der Waals surface area contributed by atoms with E-state index in [1.54, 1.807) is 0 Å². The van der Waals surface area contributed by atoms with E-state index in [1.807, 2.05) is 0 Å². The van der Waals surface area contributed by atoms with Crippen LogP contribution in [0.5, 0.6) is 0 Å². The molecule has 1 unspecified atom stereocenters. The molecule has 0 fully saturated rings. The van der Waals surface area contributed by atoms with Crippen molar-refractivity contribution in [2.75, 3.05) is 13.2 Å². The first-order valence-electron chi connectivity index (χ1n) is 27.9. The number of esters is 3. The Morgan fingerprint density at radius 3 is 0.912 bits per heavy atom. The molecule has 386 valence electrons. The molecule has 0 aliphatic carbocycles. The molecule has 0 N–H and O–H groups in total. The van der Waals surface area contributed by atoms with Crippen LogP contribution >= 0.6 is 0 Å². The molecule has 0 aromatic rings. The van der Waals surface area contributed by atoms with E-state index in [1.165, 1.54) is 57.8 Å². The highest BCUT2D eigenvalue weighted by atomic mass is 16.6. The van der Waals surface area contributed by atoms with E-state index >= 15 is 0 Å². The van der Waals surface area contributed by atoms with Crippen LogP contribution in [0.4, 0.5) is 0 Å². The van der Waals surface area contributed by atoms with Gasteiger partial charge in [-0.1, -0.05) is 226 Å². The zero-order valence-electron chi connectivity index (χ0n) is 44.1. The third-order valence-corrected chi connectivity index (χ3v) is 11.5. The molecular weight excluding hydrogens is 841 g/mol. The van der Waals surface area contributed by atoms with Crippen molar-refractivity contribution in [1.82, 2.24) is 0 Å². The van der Waals surface area contributed by atoms with Crippen LogP contribution in [0, 0.1) is 0 Å². The number of carbonyl (C=O) groups is 3. The normalized spacial score (nSPS) is 12.9. The Morgan fingerprint density at radius 1 is 0.309 bits per heavy atom. The van der Waals surface area contributed by atoms with Gasteiger partial charge in [0.25, 0.3) is 0 Å². The van der Waals surface area contributed by atoms with Gasteiger partial charge in [-0.25, -0.2) is 0 Å². The summed E-state index contributed by atoms with van der Waals surface area (Å²) in [4.78, 5) is 37.9. The standard InChI is InChI=1S/C62H102O6/c1-4-7-10-13-16-18-20-22-24-26-27-28-29-30-31-32-33-34-35-36-38-39-41-43-46-49-52-55-61(64)67-58-59(57-66-60(63)54-51-48-45-15-12-9-6-3)68-62(65)56-53-50-47-44-42-40-37-25-23-21-19-17-14-11-8-5-2/h7,10,16,18-19,21-22,24-25,27-28,30-31,33-34,36-38,59H,4-6,8-9,11-15,17,20,23,26,29,32,35,39-58H2,1-3H3/b10-7-,18-16-,21-19-,24-22-,28-27-,31-30-,34-33-,37-25-,38-36-. The summed E-state index contributed by atoms with van der Waals surface area (Å²) in [5, 5.41) is 0. The highest BCUT2D eigenvalue weighted by Crippen LogP contribution is 2.13. The van der Waals surface area contributed by atoms with E-state index in [9.17, 15) is 14.4 Å². The first kappa shape index (κ1) is 64.1. The molecule has 0 saturated heterocycles. The van der Waals surface area contributed by atoms with Crippen LogP contribution in [0.1, 0.15) is 245 Å². The highest BCUT2D eigenvalue weighted by Gasteiger charge is 2.19. The van der Waals surface area contributed by atoms with Gasteiger partial charge in [0.2, 0.25) is 0 Å². The molecule has 0 aromatic carbocycles. The average molecular weight is 943 g/mol. The van der Waals surface area contributed by atoms with Gasteiger partial charge >= 0.3 is 17.9 Å². The molecule has 0 aliphatic heterocycles. The van der Waals surface area contributed by atoms with Crippen molar-refractivity contribution < 1.29 is 28.6 Å². The predicted molar refractivity (Wildman–Crippen MR) is 293 cm³/mol. The summed E-state index contributed by atoms with van der Waals surface area (Å²) in [6, 6.07) is 0. The molecule has 6 nitrogen and oxygen atoms in total. The molecule has 1 atom stereocenters. The smallest absolute Gasteiger partial charge is 0.306 e. The molecule has 0 heterocycles. The second-order valence-electron chi connectivity index (χ2n) is 18.1. The van der Waals surface area contributed by atoms with E-state index < -0.39 is 6.10 Å². The molecule has 0 spiro atoms. The SMILES string of the molecule is CC/C=C\C/C=C\C/C=C\C/C=C\C/C=C\C/C=C\C/C=C\CCCCCCCC(=O)OCC(COC(=O)CCCCCCCCC)OC(=O)CCCCCCC/C=C\C/C=C\CCCCCC. The maximum Gasteiger partial charge on any atom is 0.306 e. The number of ether oxygens (including phenoxy) is 3. The summed E-state index contributed by atoms with van der Waals surface area (Å²) in [6.07, 6.45) is 75.2. The molecule has 0 saturated carbocycles. The fraction of sp³-hybridized carbons (Fsp3) is 0.661. The molecule has 0 aromatic heterocycles. The van der Waals surface area contributed by atoms with Gasteiger partial charge in [0.05, 0.1) is 0 Å². The van der Waals surface area contributed by atoms with Gasteiger partial charge in [0.1, 0.15) is 13.2 Å². The Labute approximate surface area is 419 Å². The molecule has 68 heavy (non-hydrogen) atoms. The van der Waals surface area contributed by atoms with Gasteiger partial charge in [0.15, 0.2) is 6.10 Å². The van der Waals surface area contributed by atoms with E-state index in [2.05, 4.69) is 130 Å². The molecule has 6 heteroatoms. The largest absolute Gasteiger partial charge is 0.462 e. The third kappa shape index (κ3) is 53.0. The number of rotatable bonds is 49. The average Bonchev–Trinajstić information content (AvgIpc) is 3.34. The molecule has 0 radical (unpaired) electrons. The Kier molecular flexibility index (Phi) is 52.4. The summed E-state index contributed by atoms with van der Waals surface area (Å²) in [7, 11) is 0. The Bertz CT molecular complexity index is 1410. The fourth-order valence-corrected chi connectivity index (χ4v) is 7.33. The van der Waals surface area contributed by atoms with Crippen LogP contribution < -0.4 is 0 Å². The lowest BCUT2D eigenvalue weighted by Crippen LogP contribution is -2.30. The molecular formula is C62H102O6. The zero-order chi connectivity index (χ0) is 49.3. The second kappa shape index (κ2) is 55.7. The number of hydrogen-bond acceptors (Lipinski definition) is 6. The van der Waals surface area contributed by atoms with Crippen molar-refractivity contribution >= 4 is 17.9 Å². The summed E-state index contributed by atoms with van der Waals surface area (Å²) in [6.45, 7) is 6.43. The van der Waals surface area contributed by atoms with Gasteiger partial charge in [0, 0.05) is 19.3 Å². The Hall–Kier alpha value is -3.93. The van der Waals surface area contributed by atoms with Gasteiger partial charge < -0.3 is 14.2 Å². The van der Waals surface area contributed by atoms with Crippen molar-refractivity contribution in [2.24, 2.45) is 0 Å². The number of allylic oxidation sites excluding steroid dienone is 18. The third-order valence-electron chi connectivity index (χ3n) is 11.5. The summed E-state index contributed by atoms with van der Waals surface area (Å²) in [5.74, 6) is -0.934. The van der Waals surface area contributed by atoms with Crippen LogP contribution in [0.25, 0.3) is 0 Å². The minimum atomic E-state index is -0.792. The molecule has 0 amide bonds. The van der Waals surface area contributed by atoms with Crippen molar-refractivity contribution in [2.45, 2.75) is 252 Å². The van der Waals surface area contributed by atoms with Crippen LogP contribution in [0.2, 0.25) is 0 Å². The fourth-order valence-electron chi connectivity index (χ4n) is 7.33. The minimum absolute atomic E-state index is 0.0908. The molecule has 0 aliphatic rings. The maximum atomic E-state index is 12.8. The van der Waals surface area contributed by atoms with Crippen molar-refractivity contribution in [1.29, 1.82) is 0 Å². The lowest BCUT2D eigenvalue weighted by atomic mass is 10.1. The summed E-state index contributed by atoms with van der Waals surface area (Å²) in [5.41, 5.74) is 0. The Balaban J connectivity index is 4.27. The minimum Gasteiger partial charge on any atom is -0.462 e. The molecule has 0 bridgehead atoms.